The average Bonchev–Trinajstić information content (AvgIpc) is 2.70. The Morgan fingerprint density at radius 3 is 2.29 bits per heavy atom. The fraction of sp³-hybridized carbons (Fsp3) is 0.300. The number of nitrogens with zero attached hydrogens (tertiary/aromatic N) is 2. The molecule has 0 aromatic heterocycles. The van der Waals surface area contributed by atoms with Crippen LogP contribution in [0.1, 0.15) is 16.8 Å². The van der Waals surface area contributed by atoms with Gasteiger partial charge >= 0.3 is 0 Å². The first-order valence-corrected chi connectivity index (χ1v) is 8.95. The van der Waals surface area contributed by atoms with Crippen LogP contribution in [0.25, 0.3) is 0 Å². The van der Waals surface area contributed by atoms with Gasteiger partial charge in [-0.15, -0.1) is 0 Å². The molecule has 1 N–H and O–H groups in total. The van der Waals surface area contributed by atoms with Crippen molar-refractivity contribution in [1.82, 2.24) is 9.80 Å². The number of hydrogen-bond acceptors (Lipinski definition) is 3. The summed E-state index contributed by atoms with van der Waals surface area (Å²) in [6, 6.07) is 9.06. The minimum atomic E-state index is -1.05. The van der Waals surface area contributed by atoms with Crippen molar-refractivity contribution in [2.24, 2.45) is 0 Å². The van der Waals surface area contributed by atoms with Gasteiger partial charge in [-0.1, -0.05) is 12.1 Å². The Bertz CT molecular complexity index is 868. The van der Waals surface area contributed by atoms with Gasteiger partial charge in [0.25, 0.3) is 5.91 Å². The number of piperazine rings is 1. The smallest absolute Gasteiger partial charge is 0.254 e. The second-order valence-corrected chi connectivity index (χ2v) is 6.54. The van der Waals surface area contributed by atoms with Crippen molar-refractivity contribution in [1.29, 1.82) is 0 Å². The number of nitrogens with one attached hydrogen (secondary N) is 1. The molecule has 0 bridgehead atoms. The van der Waals surface area contributed by atoms with Crippen molar-refractivity contribution in [2.45, 2.75) is 6.42 Å². The van der Waals surface area contributed by atoms with Crippen LogP contribution in [-0.4, -0.2) is 54.3 Å². The predicted molar refractivity (Wildman–Crippen MR) is 98.3 cm³/mol. The van der Waals surface area contributed by atoms with Gasteiger partial charge in [-0.25, -0.2) is 13.2 Å². The van der Waals surface area contributed by atoms with E-state index in [0.29, 0.717) is 32.7 Å². The molecule has 0 radical (unpaired) electrons. The van der Waals surface area contributed by atoms with E-state index >= 15 is 0 Å². The van der Waals surface area contributed by atoms with Crippen molar-refractivity contribution in [2.75, 3.05) is 38.0 Å². The number of halogens is 3. The van der Waals surface area contributed by atoms with Gasteiger partial charge in [0.2, 0.25) is 5.91 Å². The molecule has 1 aliphatic heterocycles. The fourth-order valence-electron chi connectivity index (χ4n) is 3.02. The van der Waals surface area contributed by atoms with E-state index in [4.69, 9.17) is 0 Å². The zero-order valence-electron chi connectivity index (χ0n) is 15.1. The normalized spacial score (nSPS) is 14.8. The Morgan fingerprint density at radius 2 is 1.61 bits per heavy atom. The summed E-state index contributed by atoms with van der Waals surface area (Å²) in [4.78, 5) is 28.0. The van der Waals surface area contributed by atoms with Gasteiger partial charge in [-0.2, -0.15) is 0 Å². The molecule has 1 saturated heterocycles. The number of benzene rings is 2. The number of carbonyl (C=O) groups excluding carboxylic acids is 2. The van der Waals surface area contributed by atoms with Crippen LogP contribution in [0.15, 0.2) is 42.5 Å². The molecule has 28 heavy (non-hydrogen) atoms. The van der Waals surface area contributed by atoms with Crippen LogP contribution in [-0.2, 0) is 4.79 Å². The van der Waals surface area contributed by atoms with E-state index in [1.54, 1.807) is 17.0 Å². The Hall–Kier alpha value is -2.87. The molecule has 1 fully saturated rings. The van der Waals surface area contributed by atoms with E-state index in [0.717, 1.165) is 12.1 Å². The summed E-state index contributed by atoms with van der Waals surface area (Å²) >= 11 is 0. The number of para-hydroxylation sites is 1. The Morgan fingerprint density at radius 1 is 0.893 bits per heavy atom. The van der Waals surface area contributed by atoms with E-state index in [1.165, 1.54) is 18.2 Å². The quantitative estimate of drug-likeness (QED) is 0.853. The lowest BCUT2D eigenvalue weighted by Gasteiger charge is -2.34. The monoisotopic (exact) mass is 391 g/mol. The fourth-order valence-corrected chi connectivity index (χ4v) is 3.02. The third-order valence-corrected chi connectivity index (χ3v) is 4.63. The molecular weight excluding hydrogens is 371 g/mol. The first kappa shape index (κ1) is 19.9. The van der Waals surface area contributed by atoms with Crippen molar-refractivity contribution < 1.29 is 22.8 Å². The highest BCUT2D eigenvalue weighted by atomic mass is 19.2. The molecule has 0 atom stereocenters. The first-order chi connectivity index (χ1) is 13.4. The van der Waals surface area contributed by atoms with Gasteiger partial charge in [-0.05, 0) is 30.3 Å². The third-order valence-electron chi connectivity index (χ3n) is 4.63. The van der Waals surface area contributed by atoms with Crippen LogP contribution >= 0.6 is 0 Å². The standard InChI is InChI=1S/C20H20F3N3O2/c21-15-6-5-14(13-17(15)23)20(28)26-11-9-25(10-12-26)8-7-19(27)24-18-4-2-1-3-16(18)22/h1-6,13H,7-12H2,(H,24,27). The predicted octanol–water partition coefficient (Wildman–Crippen LogP) is 2.89. The maximum absolute atomic E-state index is 13.5. The molecule has 2 aromatic rings. The number of rotatable bonds is 5. The summed E-state index contributed by atoms with van der Waals surface area (Å²) in [5.41, 5.74) is 0.256. The van der Waals surface area contributed by atoms with E-state index in [-0.39, 0.29) is 29.5 Å². The molecule has 0 unspecified atom stereocenters. The zero-order valence-corrected chi connectivity index (χ0v) is 15.1. The topological polar surface area (TPSA) is 52.7 Å². The molecule has 1 aliphatic rings. The van der Waals surface area contributed by atoms with Gasteiger partial charge in [0.05, 0.1) is 5.69 Å². The maximum atomic E-state index is 13.5. The SMILES string of the molecule is O=C(CCN1CCN(C(=O)c2ccc(F)c(F)c2)CC1)Nc1ccccc1F. The van der Waals surface area contributed by atoms with E-state index in [2.05, 4.69) is 5.32 Å². The van der Waals surface area contributed by atoms with Gasteiger partial charge < -0.3 is 10.2 Å². The lowest BCUT2D eigenvalue weighted by molar-refractivity contribution is -0.116. The molecule has 2 amide bonds. The van der Waals surface area contributed by atoms with Crippen LogP contribution in [0.4, 0.5) is 18.9 Å². The maximum Gasteiger partial charge on any atom is 0.254 e. The van der Waals surface area contributed by atoms with Gasteiger partial charge in [0, 0.05) is 44.7 Å². The molecule has 148 valence electrons. The third kappa shape index (κ3) is 4.89. The van der Waals surface area contributed by atoms with E-state index < -0.39 is 17.5 Å². The lowest BCUT2D eigenvalue weighted by Crippen LogP contribution is -2.49. The van der Waals surface area contributed by atoms with Crippen molar-refractivity contribution in [3.8, 4) is 0 Å². The molecule has 0 spiro atoms. The number of amides is 2. The average molecular weight is 391 g/mol. The minimum Gasteiger partial charge on any atom is -0.336 e. The molecule has 8 heteroatoms. The highest BCUT2D eigenvalue weighted by molar-refractivity contribution is 5.94. The first-order valence-electron chi connectivity index (χ1n) is 8.95. The molecule has 3 rings (SSSR count). The van der Waals surface area contributed by atoms with Crippen LogP contribution < -0.4 is 5.32 Å². The van der Waals surface area contributed by atoms with Crippen LogP contribution in [0.3, 0.4) is 0 Å². The van der Waals surface area contributed by atoms with Gasteiger partial charge in [-0.3, -0.25) is 14.5 Å². The molecule has 0 saturated carbocycles. The van der Waals surface area contributed by atoms with Gasteiger partial charge in [0.1, 0.15) is 5.82 Å². The molecule has 0 aliphatic carbocycles. The van der Waals surface area contributed by atoms with E-state index in [1.807, 2.05) is 4.90 Å². The highest BCUT2D eigenvalue weighted by Gasteiger charge is 2.23. The molecule has 1 heterocycles. The molecule has 5 nitrogen and oxygen atoms in total. The number of hydrogen-bond donors (Lipinski definition) is 1. The van der Waals surface area contributed by atoms with Crippen molar-refractivity contribution in [3.63, 3.8) is 0 Å². The van der Waals surface area contributed by atoms with Crippen LogP contribution in [0.2, 0.25) is 0 Å². The van der Waals surface area contributed by atoms with Gasteiger partial charge in [0.15, 0.2) is 11.6 Å². The lowest BCUT2D eigenvalue weighted by atomic mass is 10.1. The summed E-state index contributed by atoms with van der Waals surface area (Å²) < 4.78 is 39.9. The summed E-state index contributed by atoms with van der Waals surface area (Å²) in [5.74, 6) is -3.16. The number of carbonyl (C=O) groups is 2. The summed E-state index contributed by atoms with van der Waals surface area (Å²) in [6.07, 6.45) is 0.200. The summed E-state index contributed by atoms with van der Waals surface area (Å²) in [7, 11) is 0. The second kappa shape index (κ2) is 8.88. The van der Waals surface area contributed by atoms with Crippen molar-refractivity contribution >= 4 is 17.5 Å². The van der Waals surface area contributed by atoms with E-state index in [9.17, 15) is 22.8 Å². The highest BCUT2D eigenvalue weighted by Crippen LogP contribution is 2.14. The summed E-state index contributed by atoms with van der Waals surface area (Å²) in [6.45, 7) is 2.44. The zero-order chi connectivity index (χ0) is 20.1. The number of anilines is 1. The van der Waals surface area contributed by atoms with Crippen LogP contribution in [0, 0.1) is 17.5 Å². The molecule has 2 aromatic carbocycles. The molecular formula is C20H20F3N3O2. The Labute approximate surface area is 160 Å². The Balaban J connectivity index is 1.45. The second-order valence-electron chi connectivity index (χ2n) is 6.54. The van der Waals surface area contributed by atoms with Crippen molar-refractivity contribution in [3.05, 3.63) is 65.5 Å². The minimum absolute atomic E-state index is 0.108. The van der Waals surface area contributed by atoms with Crippen LogP contribution in [0.5, 0.6) is 0 Å². The Kier molecular flexibility index (Phi) is 6.30. The summed E-state index contributed by atoms with van der Waals surface area (Å²) in [5, 5.41) is 2.54. The largest absolute Gasteiger partial charge is 0.336 e.